The lowest BCUT2D eigenvalue weighted by atomic mass is 9.73. The lowest BCUT2D eigenvalue weighted by Gasteiger charge is -2.52. The predicted molar refractivity (Wildman–Crippen MR) is 103 cm³/mol. The fourth-order valence-electron chi connectivity index (χ4n) is 5.07. The summed E-state index contributed by atoms with van der Waals surface area (Å²) in [5, 5.41) is 0. The standard InChI is InChI=1S/C20H27BrN2O2/c1-20(2,3)25-19(24)23-13-6-5-7-15(23)18-14-9-8-12(21)10-16(14)22(4)17(18)11-13/h8-10,13,15,17-18H,5-7,11H2,1-4H3. The number of likely N-dealkylation sites (N-methyl/N-ethyl adjacent to an activating group) is 1. The van der Waals surface area contributed by atoms with E-state index in [-0.39, 0.29) is 12.1 Å². The van der Waals surface area contributed by atoms with Gasteiger partial charge in [0.2, 0.25) is 0 Å². The van der Waals surface area contributed by atoms with Crippen LogP contribution in [-0.4, -0.2) is 41.8 Å². The van der Waals surface area contributed by atoms with Crippen molar-refractivity contribution in [3.63, 3.8) is 0 Å². The second-order valence-electron chi connectivity index (χ2n) is 8.68. The molecule has 4 unspecified atom stereocenters. The van der Waals surface area contributed by atoms with E-state index in [4.69, 9.17) is 4.74 Å². The summed E-state index contributed by atoms with van der Waals surface area (Å²) < 4.78 is 6.88. The summed E-state index contributed by atoms with van der Waals surface area (Å²) in [6.45, 7) is 5.84. The average molecular weight is 407 g/mol. The molecule has 2 saturated heterocycles. The Bertz CT molecular complexity index is 699. The smallest absolute Gasteiger partial charge is 0.410 e. The summed E-state index contributed by atoms with van der Waals surface area (Å²) >= 11 is 3.61. The third-order valence-corrected chi connectivity index (χ3v) is 6.46. The molecule has 0 aliphatic carbocycles. The number of rotatable bonds is 0. The molecule has 5 heteroatoms. The van der Waals surface area contributed by atoms with Gasteiger partial charge < -0.3 is 14.5 Å². The number of ether oxygens (including phenoxy) is 1. The molecular formula is C20H27BrN2O2. The topological polar surface area (TPSA) is 32.8 Å². The fraction of sp³-hybridized carbons (Fsp3) is 0.650. The van der Waals surface area contributed by atoms with Crippen molar-refractivity contribution in [3.05, 3.63) is 28.2 Å². The number of fused-ring (bicyclic) bond motifs is 6. The van der Waals surface area contributed by atoms with E-state index in [1.807, 2.05) is 20.8 Å². The Morgan fingerprint density at radius 3 is 2.72 bits per heavy atom. The Kier molecular flexibility index (Phi) is 4.06. The molecule has 1 aromatic rings. The Morgan fingerprint density at radius 1 is 1.24 bits per heavy atom. The molecule has 3 aliphatic heterocycles. The number of hydrogen-bond donors (Lipinski definition) is 0. The van der Waals surface area contributed by atoms with Gasteiger partial charge in [-0.1, -0.05) is 22.0 Å². The van der Waals surface area contributed by atoms with E-state index in [0.29, 0.717) is 18.0 Å². The maximum atomic E-state index is 12.9. The monoisotopic (exact) mass is 406 g/mol. The summed E-state index contributed by atoms with van der Waals surface area (Å²) in [6.07, 6.45) is 4.26. The maximum Gasteiger partial charge on any atom is 0.410 e. The number of halogens is 1. The average Bonchev–Trinajstić information content (AvgIpc) is 2.77. The summed E-state index contributed by atoms with van der Waals surface area (Å²) in [5.74, 6) is 0.386. The Balaban J connectivity index is 1.71. The first-order valence-corrected chi connectivity index (χ1v) is 10.1. The van der Waals surface area contributed by atoms with E-state index in [0.717, 1.165) is 23.7 Å². The first-order chi connectivity index (χ1) is 11.8. The highest BCUT2D eigenvalue weighted by atomic mass is 79.9. The van der Waals surface area contributed by atoms with Crippen molar-refractivity contribution in [3.8, 4) is 0 Å². The lowest BCUT2D eigenvalue weighted by Crippen LogP contribution is -2.61. The third kappa shape index (κ3) is 2.84. The van der Waals surface area contributed by atoms with Gasteiger partial charge in [0.25, 0.3) is 0 Å². The van der Waals surface area contributed by atoms with Crippen LogP contribution >= 0.6 is 15.9 Å². The summed E-state index contributed by atoms with van der Waals surface area (Å²) in [6, 6.07) is 7.62. The van der Waals surface area contributed by atoms with E-state index in [2.05, 4.69) is 51.0 Å². The molecule has 25 heavy (non-hydrogen) atoms. The zero-order valence-electron chi connectivity index (χ0n) is 15.5. The molecule has 136 valence electrons. The molecule has 0 radical (unpaired) electrons. The number of amides is 1. The molecule has 1 amide bonds. The normalized spacial score (nSPS) is 30.8. The van der Waals surface area contributed by atoms with Gasteiger partial charge in [-0.15, -0.1) is 0 Å². The number of carbonyl (C=O) groups is 1. The van der Waals surface area contributed by atoms with Crippen LogP contribution in [0.3, 0.4) is 0 Å². The minimum atomic E-state index is -0.447. The van der Waals surface area contributed by atoms with Crippen molar-refractivity contribution in [2.75, 3.05) is 11.9 Å². The van der Waals surface area contributed by atoms with Crippen molar-refractivity contribution in [2.45, 2.75) is 76.1 Å². The van der Waals surface area contributed by atoms with Gasteiger partial charge in [-0.25, -0.2) is 4.79 Å². The second kappa shape index (κ2) is 5.90. The van der Waals surface area contributed by atoms with Crippen LogP contribution in [0.15, 0.2) is 22.7 Å². The Morgan fingerprint density at radius 2 is 2.00 bits per heavy atom. The highest BCUT2D eigenvalue weighted by Crippen LogP contribution is 2.52. The largest absolute Gasteiger partial charge is 0.444 e. The van der Waals surface area contributed by atoms with Crippen LogP contribution in [0, 0.1) is 0 Å². The number of hydrogen-bond acceptors (Lipinski definition) is 3. The number of nitrogens with zero attached hydrogens (tertiary/aromatic N) is 2. The van der Waals surface area contributed by atoms with Gasteiger partial charge in [-0.3, -0.25) is 0 Å². The first-order valence-electron chi connectivity index (χ1n) is 9.30. The van der Waals surface area contributed by atoms with E-state index in [9.17, 15) is 4.79 Å². The van der Waals surface area contributed by atoms with E-state index < -0.39 is 5.60 Å². The molecule has 4 nitrogen and oxygen atoms in total. The SMILES string of the molecule is CN1c2cc(Br)ccc2C2C1CC1CCCC2N1C(=O)OC(C)(C)C. The minimum Gasteiger partial charge on any atom is -0.444 e. The van der Waals surface area contributed by atoms with Crippen molar-refractivity contribution >= 4 is 27.7 Å². The predicted octanol–water partition coefficient (Wildman–Crippen LogP) is 4.91. The van der Waals surface area contributed by atoms with Gasteiger partial charge in [0, 0.05) is 41.3 Å². The van der Waals surface area contributed by atoms with Crippen molar-refractivity contribution in [2.24, 2.45) is 0 Å². The molecule has 4 rings (SSSR count). The van der Waals surface area contributed by atoms with Crippen LogP contribution in [-0.2, 0) is 4.74 Å². The molecule has 0 saturated carbocycles. The molecule has 0 aromatic heterocycles. The Labute approximate surface area is 158 Å². The third-order valence-electron chi connectivity index (χ3n) is 5.96. The van der Waals surface area contributed by atoms with Crippen LogP contribution in [0.2, 0.25) is 0 Å². The van der Waals surface area contributed by atoms with Gasteiger partial charge in [0.15, 0.2) is 0 Å². The molecule has 3 heterocycles. The van der Waals surface area contributed by atoms with Crippen LogP contribution < -0.4 is 4.90 Å². The van der Waals surface area contributed by atoms with Gasteiger partial charge >= 0.3 is 6.09 Å². The minimum absolute atomic E-state index is 0.131. The summed E-state index contributed by atoms with van der Waals surface area (Å²) in [7, 11) is 2.20. The van der Waals surface area contributed by atoms with E-state index in [1.165, 1.54) is 17.7 Å². The highest BCUT2D eigenvalue weighted by Gasteiger charge is 2.53. The van der Waals surface area contributed by atoms with Crippen molar-refractivity contribution < 1.29 is 9.53 Å². The molecule has 2 bridgehead atoms. The molecule has 0 N–H and O–H groups in total. The van der Waals surface area contributed by atoms with E-state index in [1.54, 1.807) is 0 Å². The van der Waals surface area contributed by atoms with Gasteiger partial charge in [0.05, 0.1) is 0 Å². The van der Waals surface area contributed by atoms with Gasteiger partial charge in [0.1, 0.15) is 5.60 Å². The zero-order chi connectivity index (χ0) is 17.9. The first kappa shape index (κ1) is 17.2. The lowest BCUT2D eigenvalue weighted by molar-refractivity contribution is -0.0263. The summed E-state index contributed by atoms with van der Waals surface area (Å²) in [5.41, 5.74) is 2.24. The van der Waals surface area contributed by atoms with Crippen LogP contribution in [0.5, 0.6) is 0 Å². The number of anilines is 1. The van der Waals surface area contributed by atoms with Crippen LogP contribution in [0.4, 0.5) is 10.5 Å². The fourth-order valence-corrected chi connectivity index (χ4v) is 5.42. The molecular weight excluding hydrogens is 380 g/mol. The maximum absolute atomic E-state index is 12.9. The number of carbonyl (C=O) groups excluding carboxylic acids is 1. The van der Waals surface area contributed by atoms with Crippen LogP contribution in [0.25, 0.3) is 0 Å². The molecule has 1 aromatic carbocycles. The number of piperidine rings is 2. The molecule has 0 spiro atoms. The van der Waals surface area contributed by atoms with Crippen molar-refractivity contribution in [1.82, 2.24) is 4.90 Å². The van der Waals surface area contributed by atoms with Gasteiger partial charge in [-0.2, -0.15) is 0 Å². The molecule has 2 fully saturated rings. The van der Waals surface area contributed by atoms with Crippen molar-refractivity contribution in [1.29, 1.82) is 0 Å². The highest BCUT2D eigenvalue weighted by molar-refractivity contribution is 9.10. The molecule has 3 aliphatic rings. The Hall–Kier alpha value is -1.23. The second-order valence-corrected chi connectivity index (χ2v) is 9.60. The molecule has 4 atom stereocenters. The summed E-state index contributed by atoms with van der Waals surface area (Å²) in [4.78, 5) is 17.5. The van der Waals surface area contributed by atoms with Crippen LogP contribution in [0.1, 0.15) is 57.9 Å². The quantitative estimate of drug-likeness (QED) is 0.613. The number of benzene rings is 1. The van der Waals surface area contributed by atoms with E-state index >= 15 is 0 Å². The van der Waals surface area contributed by atoms with Gasteiger partial charge in [-0.05, 0) is 64.2 Å². The zero-order valence-corrected chi connectivity index (χ0v) is 17.0.